The van der Waals surface area contributed by atoms with E-state index in [0.29, 0.717) is 13.0 Å². The predicted octanol–water partition coefficient (Wildman–Crippen LogP) is 1.25. The molecule has 0 fully saturated rings. The Balaban J connectivity index is 1.95. The van der Waals surface area contributed by atoms with Crippen LogP contribution < -0.4 is 5.73 Å². The fraction of sp³-hybridized carbons (Fsp3) is 0.357. The number of rotatable bonds is 3. The standard InChI is InChI=1S/C14H18N2O2/c1-16(9-10-2-6-13(17)7-3-10)14(18)11-4-5-12(15)8-11/h2-7,11-12,17H,8-9,15H2,1H3. The van der Waals surface area contributed by atoms with Crippen LogP contribution in [0, 0.1) is 5.92 Å². The SMILES string of the molecule is CN(Cc1ccc(O)cc1)C(=O)C1C=CC(N)C1. The quantitative estimate of drug-likeness (QED) is 0.789. The van der Waals surface area contributed by atoms with Gasteiger partial charge >= 0.3 is 0 Å². The van der Waals surface area contributed by atoms with Crippen LogP contribution in [0.2, 0.25) is 0 Å². The molecule has 1 aromatic carbocycles. The number of aromatic hydroxyl groups is 1. The lowest BCUT2D eigenvalue weighted by Gasteiger charge is -2.20. The topological polar surface area (TPSA) is 66.6 Å². The van der Waals surface area contributed by atoms with Gasteiger partial charge in [0.2, 0.25) is 5.91 Å². The minimum absolute atomic E-state index is 0.000947. The van der Waals surface area contributed by atoms with Crippen LogP contribution in [-0.2, 0) is 11.3 Å². The Bertz CT molecular complexity index is 453. The van der Waals surface area contributed by atoms with E-state index in [1.807, 2.05) is 24.3 Å². The zero-order valence-corrected chi connectivity index (χ0v) is 10.4. The van der Waals surface area contributed by atoms with E-state index in [2.05, 4.69) is 0 Å². The number of phenols is 1. The van der Waals surface area contributed by atoms with Crippen molar-refractivity contribution >= 4 is 5.91 Å². The van der Waals surface area contributed by atoms with Crippen molar-refractivity contribution in [3.05, 3.63) is 42.0 Å². The lowest BCUT2D eigenvalue weighted by Crippen LogP contribution is -2.32. The highest BCUT2D eigenvalue weighted by molar-refractivity contribution is 5.81. The molecular formula is C14H18N2O2. The van der Waals surface area contributed by atoms with E-state index >= 15 is 0 Å². The van der Waals surface area contributed by atoms with E-state index in [1.165, 1.54) is 0 Å². The number of benzene rings is 1. The molecule has 1 aliphatic rings. The third kappa shape index (κ3) is 2.90. The second kappa shape index (κ2) is 5.23. The van der Waals surface area contributed by atoms with E-state index in [-0.39, 0.29) is 23.6 Å². The van der Waals surface area contributed by atoms with Crippen LogP contribution in [0.25, 0.3) is 0 Å². The zero-order chi connectivity index (χ0) is 13.1. The van der Waals surface area contributed by atoms with Crippen molar-refractivity contribution in [1.29, 1.82) is 0 Å². The molecule has 0 spiro atoms. The van der Waals surface area contributed by atoms with Gasteiger partial charge in [-0.2, -0.15) is 0 Å². The monoisotopic (exact) mass is 246 g/mol. The molecule has 1 aliphatic carbocycles. The molecule has 2 rings (SSSR count). The number of amides is 1. The van der Waals surface area contributed by atoms with Gasteiger partial charge in [0.05, 0.1) is 5.92 Å². The third-order valence-corrected chi connectivity index (χ3v) is 3.17. The number of nitrogens with two attached hydrogens (primary N) is 1. The Hall–Kier alpha value is -1.81. The Morgan fingerprint density at radius 3 is 2.61 bits per heavy atom. The Morgan fingerprint density at radius 2 is 2.06 bits per heavy atom. The molecule has 18 heavy (non-hydrogen) atoms. The first-order valence-corrected chi connectivity index (χ1v) is 6.03. The minimum Gasteiger partial charge on any atom is -0.508 e. The van der Waals surface area contributed by atoms with Crippen molar-refractivity contribution < 1.29 is 9.90 Å². The average Bonchev–Trinajstić information content (AvgIpc) is 2.78. The van der Waals surface area contributed by atoms with Crippen LogP contribution in [0.1, 0.15) is 12.0 Å². The molecule has 2 unspecified atom stereocenters. The van der Waals surface area contributed by atoms with Crippen molar-refractivity contribution in [3.63, 3.8) is 0 Å². The highest BCUT2D eigenvalue weighted by Crippen LogP contribution is 2.19. The predicted molar refractivity (Wildman–Crippen MR) is 69.8 cm³/mol. The summed E-state index contributed by atoms with van der Waals surface area (Å²) in [5.74, 6) is 0.229. The van der Waals surface area contributed by atoms with Gasteiger partial charge in [-0.05, 0) is 24.1 Å². The normalized spacial score (nSPS) is 22.1. The highest BCUT2D eigenvalue weighted by Gasteiger charge is 2.25. The van der Waals surface area contributed by atoms with E-state index in [1.54, 1.807) is 24.1 Å². The maximum absolute atomic E-state index is 12.1. The van der Waals surface area contributed by atoms with Gasteiger partial charge in [-0.25, -0.2) is 0 Å². The number of carbonyl (C=O) groups excluding carboxylic acids is 1. The van der Waals surface area contributed by atoms with Crippen LogP contribution in [0.4, 0.5) is 0 Å². The Kier molecular flexibility index (Phi) is 3.67. The van der Waals surface area contributed by atoms with Gasteiger partial charge in [0.25, 0.3) is 0 Å². The number of hydrogen-bond acceptors (Lipinski definition) is 3. The van der Waals surface area contributed by atoms with Crippen molar-refractivity contribution in [1.82, 2.24) is 4.90 Å². The maximum Gasteiger partial charge on any atom is 0.229 e. The first-order chi connectivity index (χ1) is 8.56. The molecule has 0 saturated heterocycles. The summed E-state index contributed by atoms with van der Waals surface area (Å²) in [6.45, 7) is 0.540. The van der Waals surface area contributed by atoms with Crippen LogP contribution in [0.3, 0.4) is 0 Å². The Morgan fingerprint density at radius 1 is 1.39 bits per heavy atom. The molecule has 0 heterocycles. The number of phenolic OH excluding ortho intramolecular Hbond substituents is 1. The van der Waals surface area contributed by atoms with Gasteiger partial charge in [0.15, 0.2) is 0 Å². The molecule has 2 atom stereocenters. The second-order valence-corrected chi connectivity index (χ2v) is 4.75. The van der Waals surface area contributed by atoms with Gasteiger partial charge < -0.3 is 15.7 Å². The molecule has 96 valence electrons. The molecule has 0 saturated carbocycles. The molecule has 0 aliphatic heterocycles. The number of carbonyl (C=O) groups is 1. The summed E-state index contributed by atoms with van der Waals surface area (Å²) in [5, 5.41) is 9.20. The van der Waals surface area contributed by atoms with Gasteiger partial charge in [-0.15, -0.1) is 0 Å². The van der Waals surface area contributed by atoms with Gasteiger partial charge in [-0.3, -0.25) is 4.79 Å². The van der Waals surface area contributed by atoms with Crippen LogP contribution >= 0.6 is 0 Å². The van der Waals surface area contributed by atoms with Crippen molar-refractivity contribution in [3.8, 4) is 5.75 Å². The van der Waals surface area contributed by atoms with Crippen LogP contribution in [0.15, 0.2) is 36.4 Å². The fourth-order valence-corrected chi connectivity index (χ4v) is 2.15. The third-order valence-electron chi connectivity index (χ3n) is 3.17. The van der Waals surface area contributed by atoms with Crippen molar-refractivity contribution in [2.45, 2.75) is 19.0 Å². The van der Waals surface area contributed by atoms with Gasteiger partial charge in [-0.1, -0.05) is 24.3 Å². The molecule has 0 aromatic heterocycles. The molecule has 1 aromatic rings. The molecule has 0 bridgehead atoms. The fourth-order valence-electron chi connectivity index (χ4n) is 2.15. The van der Waals surface area contributed by atoms with Crippen molar-refractivity contribution in [2.75, 3.05) is 7.05 Å². The summed E-state index contributed by atoms with van der Waals surface area (Å²) in [7, 11) is 1.78. The highest BCUT2D eigenvalue weighted by atomic mass is 16.3. The average molecular weight is 246 g/mol. The summed E-state index contributed by atoms with van der Waals surface area (Å²) in [6, 6.07) is 6.88. The van der Waals surface area contributed by atoms with E-state index in [9.17, 15) is 9.90 Å². The smallest absolute Gasteiger partial charge is 0.229 e. The number of nitrogens with zero attached hydrogens (tertiary/aromatic N) is 1. The van der Waals surface area contributed by atoms with Gasteiger partial charge in [0, 0.05) is 19.6 Å². The second-order valence-electron chi connectivity index (χ2n) is 4.75. The lowest BCUT2D eigenvalue weighted by molar-refractivity contribution is -0.133. The summed E-state index contributed by atoms with van der Waals surface area (Å²) in [5.41, 5.74) is 6.74. The molecule has 0 radical (unpaired) electrons. The van der Waals surface area contributed by atoms with E-state index < -0.39 is 0 Å². The number of hydrogen-bond donors (Lipinski definition) is 2. The zero-order valence-electron chi connectivity index (χ0n) is 10.4. The minimum atomic E-state index is -0.0953. The molecule has 3 N–H and O–H groups in total. The van der Waals surface area contributed by atoms with Crippen LogP contribution in [0.5, 0.6) is 5.75 Å². The van der Waals surface area contributed by atoms with Crippen molar-refractivity contribution in [2.24, 2.45) is 11.7 Å². The van der Waals surface area contributed by atoms with E-state index in [0.717, 1.165) is 5.56 Å². The largest absolute Gasteiger partial charge is 0.508 e. The summed E-state index contributed by atoms with van der Waals surface area (Å²) in [6.07, 6.45) is 4.47. The first-order valence-electron chi connectivity index (χ1n) is 6.03. The molecule has 4 heteroatoms. The summed E-state index contributed by atoms with van der Waals surface area (Å²) >= 11 is 0. The summed E-state index contributed by atoms with van der Waals surface area (Å²) in [4.78, 5) is 13.8. The molecular weight excluding hydrogens is 228 g/mol. The van der Waals surface area contributed by atoms with Crippen LogP contribution in [-0.4, -0.2) is 29.0 Å². The molecule has 4 nitrogen and oxygen atoms in total. The summed E-state index contributed by atoms with van der Waals surface area (Å²) < 4.78 is 0. The first kappa shape index (κ1) is 12.6. The molecule has 1 amide bonds. The van der Waals surface area contributed by atoms with E-state index in [4.69, 9.17) is 5.73 Å². The maximum atomic E-state index is 12.1. The lowest BCUT2D eigenvalue weighted by atomic mass is 10.1. The Labute approximate surface area is 107 Å². The van der Waals surface area contributed by atoms with Gasteiger partial charge in [0.1, 0.15) is 5.75 Å².